The van der Waals surface area contributed by atoms with Gasteiger partial charge in [-0.2, -0.15) is 0 Å². The zero-order chi connectivity index (χ0) is 14.8. The van der Waals surface area contributed by atoms with Gasteiger partial charge in [-0.1, -0.05) is 29.2 Å². The van der Waals surface area contributed by atoms with Gasteiger partial charge in [0, 0.05) is 25.3 Å². The van der Waals surface area contributed by atoms with Crippen LogP contribution < -0.4 is 5.32 Å². The predicted octanol–water partition coefficient (Wildman–Crippen LogP) is 3.10. The number of aryl methyl sites for hydroxylation is 1. The molecule has 5 nitrogen and oxygen atoms in total. The molecule has 2 heterocycles. The lowest BCUT2D eigenvalue weighted by Gasteiger charge is -2.13. The second-order valence-electron chi connectivity index (χ2n) is 4.89. The Morgan fingerprint density at radius 2 is 2.33 bits per heavy atom. The standard InChI is InChI=1S/C14H15N3O2S2/c1-9-2-3-10-11(8-9)21-13(15-10)16-12(18)4-5-17-6-7-20-14(17)19/h2-3,8H,4-7H2,1H3,(H,15,16,18). The van der Waals surface area contributed by atoms with Gasteiger partial charge in [0.2, 0.25) is 5.91 Å². The van der Waals surface area contributed by atoms with Crippen LogP contribution in [-0.4, -0.2) is 39.9 Å². The Kier molecular flexibility index (Phi) is 4.12. The molecule has 0 atom stereocenters. The van der Waals surface area contributed by atoms with Crippen molar-refractivity contribution in [1.29, 1.82) is 0 Å². The van der Waals surface area contributed by atoms with E-state index in [1.807, 2.05) is 19.1 Å². The molecule has 1 N–H and O–H groups in total. The van der Waals surface area contributed by atoms with Gasteiger partial charge < -0.3 is 10.2 Å². The zero-order valence-corrected chi connectivity index (χ0v) is 13.2. The van der Waals surface area contributed by atoms with Crippen LogP contribution in [0.3, 0.4) is 0 Å². The van der Waals surface area contributed by atoms with Gasteiger partial charge in [0.15, 0.2) is 5.13 Å². The maximum absolute atomic E-state index is 11.9. The fourth-order valence-electron chi connectivity index (χ4n) is 2.13. The van der Waals surface area contributed by atoms with Crippen LogP contribution in [0.2, 0.25) is 0 Å². The Morgan fingerprint density at radius 1 is 1.48 bits per heavy atom. The van der Waals surface area contributed by atoms with E-state index in [-0.39, 0.29) is 11.1 Å². The maximum Gasteiger partial charge on any atom is 0.281 e. The van der Waals surface area contributed by atoms with E-state index in [0.29, 0.717) is 18.1 Å². The summed E-state index contributed by atoms with van der Waals surface area (Å²) in [5.74, 6) is 0.716. The third kappa shape index (κ3) is 3.36. The van der Waals surface area contributed by atoms with Crippen molar-refractivity contribution in [1.82, 2.24) is 9.88 Å². The smallest absolute Gasteiger partial charge is 0.281 e. The van der Waals surface area contributed by atoms with Crippen molar-refractivity contribution in [3.63, 3.8) is 0 Å². The topological polar surface area (TPSA) is 62.3 Å². The minimum atomic E-state index is -0.101. The third-order valence-corrected chi connectivity index (χ3v) is 5.07. The van der Waals surface area contributed by atoms with Crippen molar-refractivity contribution in [2.45, 2.75) is 13.3 Å². The highest BCUT2D eigenvalue weighted by Gasteiger charge is 2.21. The van der Waals surface area contributed by atoms with E-state index in [1.165, 1.54) is 28.7 Å². The summed E-state index contributed by atoms with van der Waals surface area (Å²) in [7, 11) is 0. The molecule has 110 valence electrons. The number of hydrogen-bond acceptors (Lipinski definition) is 5. The first kappa shape index (κ1) is 14.3. The Labute approximate surface area is 130 Å². The van der Waals surface area contributed by atoms with Crippen molar-refractivity contribution in [2.75, 3.05) is 24.2 Å². The molecule has 1 aromatic heterocycles. The van der Waals surface area contributed by atoms with E-state index in [2.05, 4.69) is 16.4 Å². The molecule has 0 bridgehead atoms. The number of fused-ring (bicyclic) bond motifs is 1. The molecule has 1 aliphatic rings. The van der Waals surface area contributed by atoms with Crippen molar-refractivity contribution in [3.05, 3.63) is 23.8 Å². The summed E-state index contributed by atoms with van der Waals surface area (Å²) in [5.41, 5.74) is 2.07. The number of carbonyl (C=O) groups excluding carboxylic acids is 2. The number of rotatable bonds is 4. The number of thiazole rings is 1. The van der Waals surface area contributed by atoms with Crippen LogP contribution in [0, 0.1) is 6.92 Å². The zero-order valence-electron chi connectivity index (χ0n) is 11.6. The molecule has 1 saturated heterocycles. The van der Waals surface area contributed by atoms with Crippen LogP contribution in [0.4, 0.5) is 9.93 Å². The summed E-state index contributed by atoms with van der Waals surface area (Å²) in [6.07, 6.45) is 0.307. The number of carbonyl (C=O) groups is 2. The molecular formula is C14H15N3O2S2. The number of thioether (sulfide) groups is 1. The number of nitrogens with one attached hydrogen (secondary N) is 1. The monoisotopic (exact) mass is 321 g/mol. The van der Waals surface area contributed by atoms with E-state index in [4.69, 9.17) is 0 Å². The van der Waals surface area contributed by atoms with Crippen LogP contribution >= 0.6 is 23.1 Å². The molecule has 0 radical (unpaired) electrons. The van der Waals surface area contributed by atoms with E-state index in [1.54, 1.807) is 4.90 Å². The van der Waals surface area contributed by atoms with Crippen molar-refractivity contribution >= 4 is 49.6 Å². The molecule has 1 aromatic carbocycles. The van der Waals surface area contributed by atoms with Gasteiger partial charge in [0.25, 0.3) is 5.24 Å². The Hall–Kier alpha value is -1.60. The molecule has 0 unspecified atom stereocenters. The Balaban J connectivity index is 1.59. The van der Waals surface area contributed by atoms with Gasteiger partial charge in [-0.25, -0.2) is 4.98 Å². The minimum absolute atomic E-state index is 0.0678. The second kappa shape index (κ2) is 6.03. The number of nitrogens with zero attached hydrogens (tertiary/aromatic N) is 2. The first-order valence-corrected chi connectivity index (χ1v) is 8.51. The van der Waals surface area contributed by atoms with Gasteiger partial charge in [-0.3, -0.25) is 9.59 Å². The summed E-state index contributed by atoms with van der Waals surface area (Å²) >= 11 is 2.78. The summed E-state index contributed by atoms with van der Waals surface area (Å²) in [6, 6.07) is 6.02. The van der Waals surface area contributed by atoms with Crippen LogP contribution in [0.5, 0.6) is 0 Å². The van der Waals surface area contributed by atoms with E-state index in [9.17, 15) is 9.59 Å². The molecule has 2 amide bonds. The highest BCUT2D eigenvalue weighted by Crippen LogP contribution is 2.26. The fraction of sp³-hybridized carbons (Fsp3) is 0.357. The lowest BCUT2D eigenvalue weighted by atomic mass is 10.2. The quantitative estimate of drug-likeness (QED) is 0.940. The van der Waals surface area contributed by atoms with Crippen molar-refractivity contribution in [2.24, 2.45) is 0 Å². The van der Waals surface area contributed by atoms with Crippen LogP contribution in [0.1, 0.15) is 12.0 Å². The van der Waals surface area contributed by atoms with Crippen LogP contribution in [-0.2, 0) is 4.79 Å². The summed E-state index contributed by atoms with van der Waals surface area (Å²) < 4.78 is 1.07. The molecule has 0 aliphatic carbocycles. The molecule has 1 aliphatic heterocycles. The normalized spacial score (nSPS) is 14.9. The highest BCUT2D eigenvalue weighted by molar-refractivity contribution is 8.13. The molecule has 0 spiro atoms. The second-order valence-corrected chi connectivity index (χ2v) is 6.97. The first-order valence-electron chi connectivity index (χ1n) is 6.70. The lowest BCUT2D eigenvalue weighted by molar-refractivity contribution is -0.116. The number of hydrogen-bond donors (Lipinski definition) is 1. The minimum Gasteiger partial charge on any atom is -0.332 e. The SMILES string of the molecule is Cc1ccc2nc(NC(=O)CCN3CCSC3=O)sc2c1. The Morgan fingerprint density at radius 3 is 3.10 bits per heavy atom. The van der Waals surface area contributed by atoms with Gasteiger partial charge in [0.1, 0.15) is 0 Å². The van der Waals surface area contributed by atoms with Gasteiger partial charge in [-0.15, -0.1) is 0 Å². The van der Waals surface area contributed by atoms with Crippen LogP contribution in [0.15, 0.2) is 18.2 Å². The molecule has 21 heavy (non-hydrogen) atoms. The van der Waals surface area contributed by atoms with Crippen molar-refractivity contribution < 1.29 is 9.59 Å². The van der Waals surface area contributed by atoms with Crippen LogP contribution in [0.25, 0.3) is 10.2 Å². The summed E-state index contributed by atoms with van der Waals surface area (Å²) in [5, 5.41) is 3.49. The largest absolute Gasteiger partial charge is 0.332 e. The molecule has 3 rings (SSSR count). The molecule has 1 fully saturated rings. The number of benzene rings is 1. The molecule has 0 saturated carbocycles. The fourth-order valence-corrected chi connectivity index (χ4v) is 3.96. The van der Waals surface area contributed by atoms with E-state index < -0.39 is 0 Å². The number of aromatic nitrogens is 1. The lowest BCUT2D eigenvalue weighted by Crippen LogP contribution is -2.27. The maximum atomic E-state index is 11.9. The summed E-state index contributed by atoms with van der Waals surface area (Å²) in [6.45, 7) is 3.24. The van der Waals surface area contributed by atoms with Gasteiger partial charge in [-0.05, 0) is 24.6 Å². The first-order chi connectivity index (χ1) is 10.1. The number of amides is 2. The molecule has 2 aromatic rings. The van der Waals surface area contributed by atoms with E-state index in [0.717, 1.165) is 22.5 Å². The van der Waals surface area contributed by atoms with E-state index >= 15 is 0 Å². The van der Waals surface area contributed by atoms with Gasteiger partial charge >= 0.3 is 0 Å². The van der Waals surface area contributed by atoms with Crippen molar-refractivity contribution in [3.8, 4) is 0 Å². The summed E-state index contributed by atoms with van der Waals surface area (Å²) in [4.78, 5) is 29.5. The predicted molar refractivity (Wildman–Crippen MR) is 87.0 cm³/mol. The Bertz CT molecular complexity index is 699. The molecule has 7 heteroatoms. The third-order valence-electron chi connectivity index (χ3n) is 3.24. The molecular weight excluding hydrogens is 306 g/mol. The highest BCUT2D eigenvalue weighted by atomic mass is 32.2. The average Bonchev–Trinajstić information content (AvgIpc) is 3.01. The van der Waals surface area contributed by atoms with Gasteiger partial charge in [0.05, 0.1) is 10.2 Å². The average molecular weight is 321 g/mol. The number of anilines is 1.